The first-order chi connectivity index (χ1) is 14.5. The molecular weight excluding hydrogens is 376 g/mol. The molecule has 0 radical (unpaired) electrons. The molecule has 2 aromatic rings. The van der Waals surface area contributed by atoms with E-state index in [1.165, 1.54) is 24.0 Å². The van der Waals surface area contributed by atoms with Gasteiger partial charge in [-0.05, 0) is 44.7 Å². The lowest BCUT2D eigenvalue weighted by Crippen LogP contribution is -2.38. The molecule has 6 heteroatoms. The van der Waals surface area contributed by atoms with E-state index in [1.807, 2.05) is 24.7 Å². The number of rotatable bonds is 9. The molecule has 0 spiro atoms. The average molecular weight is 413 g/mol. The van der Waals surface area contributed by atoms with Gasteiger partial charge in [0.1, 0.15) is 11.9 Å². The van der Waals surface area contributed by atoms with E-state index in [1.54, 1.807) is 0 Å². The molecule has 1 aromatic carbocycles. The summed E-state index contributed by atoms with van der Waals surface area (Å²) in [6.07, 6.45) is 4.86. The monoisotopic (exact) mass is 412 g/mol. The third kappa shape index (κ3) is 5.85. The van der Waals surface area contributed by atoms with Gasteiger partial charge in [0.2, 0.25) is 5.91 Å². The first kappa shape index (κ1) is 22.3. The molecule has 30 heavy (non-hydrogen) atoms. The topological polar surface area (TPSA) is 59.4 Å². The van der Waals surface area contributed by atoms with Crippen LogP contribution in [-0.4, -0.2) is 46.3 Å². The van der Waals surface area contributed by atoms with Crippen LogP contribution in [0.2, 0.25) is 0 Å². The SMILES string of the molecule is CCCCC1CN(CCNC(=O)CCc2c(C)nn(C)c2C)Cc2ccccc2O1. The van der Waals surface area contributed by atoms with Crippen LogP contribution in [0.1, 0.15) is 55.1 Å². The molecule has 1 atom stereocenters. The van der Waals surface area contributed by atoms with Crippen molar-refractivity contribution in [1.29, 1.82) is 0 Å². The maximum absolute atomic E-state index is 12.4. The van der Waals surface area contributed by atoms with Crippen LogP contribution in [0.3, 0.4) is 0 Å². The molecule has 3 rings (SSSR count). The van der Waals surface area contributed by atoms with E-state index >= 15 is 0 Å². The smallest absolute Gasteiger partial charge is 0.220 e. The number of hydrogen-bond acceptors (Lipinski definition) is 4. The van der Waals surface area contributed by atoms with E-state index in [0.29, 0.717) is 13.0 Å². The summed E-state index contributed by atoms with van der Waals surface area (Å²) in [5.74, 6) is 1.11. The first-order valence-corrected chi connectivity index (χ1v) is 11.2. The normalized spacial score (nSPS) is 16.6. The zero-order valence-electron chi connectivity index (χ0n) is 18.9. The number of ether oxygens (including phenoxy) is 1. The van der Waals surface area contributed by atoms with Crippen LogP contribution in [0.15, 0.2) is 24.3 Å². The van der Waals surface area contributed by atoms with Crippen LogP contribution in [0.25, 0.3) is 0 Å². The minimum absolute atomic E-state index is 0.103. The molecule has 0 bridgehead atoms. The van der Waals surface area contributed by atoms with Gasteiger partial charge in [-0.1, -0.05) is 31.5 Å². The molecule has 0 aliphatic carbocycles. The van der Waals surface area contributed by atoms with E-state index in [0.717, 1.165) is 49.6 Å². The van der Waals surface area contributed by atoms with Gasteiger partial charge in [0.25, 0.3) is 0 Å². The number of carbonyl (C=O) groups excluding carboxylic acids is 1. The Kier molecular flexibility index (Phi) is 7.91. The van der Waals surface area contributed by atoms with Gasteiger partial charge >= 0.3 is 0 Å². The Hall–Kier alpha value is -2.34. The van der Waals surface area contributed by atoms with Crippen LogP contribution in [0.5, 0.6) is 5.75 Å². The molecule has 0 saturated carbocycles. The highest BCUT2D eigenvalue weighted by Gasteiger charge is 2.22. The predicted octanol–water partition coefficient (Wildman–Crippen LogP) is 3.54. The predicted molar refractivity (Wildman–Crippen MR) is 120 cm³/mol. The van der Waals surface area contributed by atoms with Crippen molar-refractivity contribution in [3.63, 3.8) is 0 Å². The van der Waals surface area contributed by atoms with Gasteiger partial charge in [0.15, 0.2) is 0 Å². The Morgan fingerprint density at radius 2 is 2.10 bits per heavy atom. The van der Waals surface area contributed by atoms with E-state index in [4.69, 9.17) is 4.74 Å². The van der Waals surface area contributed by atoms with Crippen molar-refractivity contribution in [3.8, 4) is 5.75 Å². The summed E-state index contributed by atoms with van der Waals surface area (Å²) in [4.78, 5) is 14.8. The minimum atomic E-state index is 0.103. The van der Waals surface area contributed by atoms with Crippen molar-refractivity contribution in [2.45, 2.75) is 65.5 Å². The third-order valence-corrected chi connectivity index (χ3v) is 6.01. The second-order valence-electron chi connectivity index (χ2n) is 8.35. The van der Waals surface area contributed by atoms with Crippen molar-refractivity contribution in [2.75, 3.05) is 19.6 Å². The Morgan fingerprint density at radius 3 is 2.83 bits per heavy atom. The fourth-order valence-corrected chi connectivity index (χ4v) is 4.17. The number of nitrogens with one attached hydrogen (secondary N) is 1. The van der Waals surface area contributed by atoms with Crippen LogP contribution in [0, 0.1) is 13.8 Å². The highest BCUT2D eigenvalue weighted by Crippen LogP contribution is 2.26. The maximum atomic E-state index is 12.4. The maximum Gasteiger partial charge on any atom is 0.220 e. The summed E-state index contributed by atoms with van der Waals surface area (Å²) >= 11 is 0. The molecule has 164 valence electrons. The quantitative estimate of drug-likeness (QED) is 0.684. The van der Waals surface area contributed by atoms with Gasteiger partial charge in [0.05, 0.1) is 5.69 Å². The number of aromatic nitrogens is 2. The fraction of sp³-hybridized carbons (Fsp3) is 0.583. The molecule has 1 aliphatic rings. The van der Waals surface area contributed by atoms with Gasteiger partial charge in [-0.15, -0.1) is 0 Å². The van der Waals surface area contributed by atoms with E-state index < -0.39 is 0 Å². The second kappa shape index (κ2) is 10.6. The molecule has 1 N–H and O–H groups in total. The highest BCUT2D eigenvalue weighted by atomic mass is 16.5. The first-order valence-electron chi connectivity index (χ1n) is 11.2. The summed E-state index contributed by atoms with van der Waals surface area (Å²) in [5, 5.41) is 7.53. The number of hydrogen-bond donors (Lipinski definition) is 1. The zero-order valence-corrected chi connectivity index (χ0v) is 18.9. The number of nitrogens with zero attached hydrogens (tertiary/aromatic N) is 3. The van der Waals surface area contributed by atoms with Crippen molar-refractivity contribution in [1.82, 2.24) is 20.0 Å². The molecule has 1 amide bonds. The fourth-order valence-electron chi connectivity index (χ4n) is 4.17. The lowest BCUT2D eigenvalue weighted by Gasteiger charge is -2.24. The minimum Gasteiger partial charge on any atom is -0.489 e. The van der Waals surface area contributed by atoms with Crippen LogP contribution in [-0.2, 0) is 24.8 Å². The Labute approximate surface area is 180 Å². The molecule has 0 saturated heterocycles. The number of carbonyl (C=O) groups is 1. The van der Waals surface area contributed by atoms with E-state index in [9.17, 15) is 4.79 Å². The Balaban J connectivity index is 1.49. The summed E-state index contributed by atoms with van der Waals surface area (Å²) in [7, 11) is 1.95. The summed E-state index contributed by atoms with van der Waals surface area (Å²) in [6.45, 7) is 9.53. The van der Waals surface area contributed by atoms with Gasteiger partial charge in [-0.2, -0.15) is 5.10 Å². The van der Waals surface area contributed by atoms with Crippen LogP contribution in [0.4, 0.5) is 0 Å². The van der Waals surface area contributed by atoms with Crippen LogP contribution >= 0.6 is 0 Å². The number of para-hydroxylation sites is 1. The number of aryl methyl sites for hydroxylation is 2. The van der Waals surface area contributed by atoms with Gasteiger partial charge in [-0.25, -0.2) is 0 Å². The summed E-state index contributed by atoms with van der Waals surface area (Å²) < 4.78 is 8.18. The molecule has 0 fully saturated rings. The standard InChI is InChI=1S/C24H36N4O2/c1-5-6-10-21-17-28(16-20-9-7-8-11-23(20)30-21)15-14-25-24(29)13-12-22-18(2)26-27(4)19(22)3/h7-9,11,21H,5-6,10,12-17H2,1-4H3,(H,25,29). The molecule has 6 nitrogen and oxygen atoms in total. The third-order valence-electron chi connectivity index (χ3n) is 6.01. The lowest BCUT2D eigenvalue weighted by molar-refractivity contribution is -0.121. The number of unbranched alkanes of at least 4 members (excludes halogenated alkanes) is 1. The van der Waals surface area contributed by atoms with Gasteiger partial charge < -0.3 is 10.1 Å². The van der Waals surface area contributed by atoms with Crippen molar-refractivity contribution in [2.24, 2.45) is 7.05 Å². The van der Waals surface area contributed by atoms with Crippen molar-refractivity contribution < 1.29 is 9.53 Å². The lowest BCUT2D eigenvalue weighted by atomic mass is 10.1. The van der Waals surface area contributed by atoms with Gasteiger partial charge in [0, 0.05) is 50.9 Å². The number of amides is 1. The Bertz CT molecular complexity index is 846. The molecule has 1 unspecified atom stereocenters. The number of benzene rings is 1. The number of fused-ring (bicyclic) bond motifs is 1. The van der Waals surface area contributed by atoms with Crippen molar-refractivity contribution >= 4 is 5.91 Å². The zero-order chi connectivity index (χ0) is 21.5. The molecule has 1 aliphatic heterocycles. The molecular formula is C24H36N4O2. The van der Waals surface area contributed by atoms with Gasteiger partial charge in [-0.3, -0.25) is 14.4 Å². The van der Waals surface area contributed by atoms with E-state index in [-0.39, 0.29) is 12.0 Å². The van der Waals surface area contributed by atoms with Crippen LogP contribution < -0.4 is 10.1 Å². The van der Waals surface area contributed by atoms with Crippen molar-refractivity contribution in [3.05, 3.63) is 46.8 Å². The largest absolute Gasteiger partial charge is 0.489 e. The molecule has 1 aromatic heterocycles. The Morgan fingerprint density at radius 1 is 1.30 bits per heavy atom. The average Bonchev–Trinajstić information content (AvgIpc) is 2.88. The summed E-state index contributed by atoms with van der Waals surface area (Å²) in [5.41, 5.74) is 4.57. The highest BCUT2D eigenvalue weighted by molar-refractivity contribution is 5.76. The second-order valence-corrected chi connectivity index (χ2v) is 8.35. The summed E-state index contributed by atoms with van der Waals surface area (Å²) in [6, 6.07) is 8.32. The molecule has 2 heterocycles. The van der Waals surface area contributed by atoms with E-state index in [2.05, 4.69) is 47.4 Å².